The molecule has 1 N–H and O–H groups in total. The van der Waals surface area contributed by atoms with E-state index in [0.29, 0.717) is 3.57 Å². The number of rotatable bonds is 3. The van der Waals surface area contributed by atoms with Crippen molar-refractivity contribution in [1.29, 1.82) is 0 Å². The lowest BCUT2D eigenvalue weighted by Gasteiger charge is -2.09. The molecule has 4 nitrogen and oxygen atoms in total. The topological polar surface area (TPSA) is 59.3 Å². The highest BCUT2D eigenvalue weighted by Crippen LogP contribution is 2.15. The van der Waals surface area contributed by atoms with Crippen LogP contribution in [0.2, 0.25) is 0 Å². The van der Waals surface area contributed by atoms with Crippen LogP contribution in [-0.4, -0.2) is 15.6 Å². The number of carbonyl (C=O) groups is 1. The Bertz CT molecular complexity index is 766. The van der Waals surface area contributed by atoms with Gasteiger partial charge in [-0.3, -0.25) is 4.79 Å². The molecular formula is C13H7F3INO3. The molecular weight excluding hydrogens is 402 g/mol. The number of halogens is 4. The summed E-state index contributed by atoms with van der Waals surface area (Å²) >= 11 is 1.81. The van der Waals surface area contributed by atoms with Crippen molar-refractivity contribution >= 4 is 28.6 Å². The van der Waals surface area contributed by atoms with Gasteiger partial charge >= 0.3 is 5.97 Å². The summed E-state index contributed by atoms with van der Waals surface area (Å²) in [5, 5.41) is 8.92. The van der Waals surface area contributed by atoms with Crippen molar-refractivity contribution in [3.8, 4) is 0 Å². The van der Waals surface area contributed by atoms with Crippen molar-refractivity contribution in [2.24, 2.45) is 0 Å². The zero-order chi connectivity index (χ0) is 15.7. The van der Waals surface area contributed by atoms with E-state index in [2.05, 4.69) is 0 Å². The largest absolute Gasteiger partial charge is 0.477 e. The van der Waals surface area contributed by atoms with Gasteiger partial charge in [-0.05, 0) is 46.4 Å². The minimum atomic E-state index is -1.60. The van der Waals surface area contributed by atoms with E-state index in [-0.39, 0.29) is 12.1 Å². The molecule has 0 saturated heterocycles. The zero-order valence-electron chi connectivity index (χ0n) is 10.2. The highest BCUT2D eigenvalue weighted by atomic mass is 127. The molecule has 1 heterocycles. The molecule has 0 fully saturated rings. The third-order valence-corrected chi connectivity index (χ3v) is 3.27. The zero-order valence-corrected chi connectivity index (χ0v) is 12.4. The molecule has 110 valence electrons. The van der Waals surface area contributed by atoms with Crippen LogP contribution in [0, 0.1) is 21.0 Å². The molecule has 8 heteroatoms. The first-order valence-corrected chi connectivity index (χ1v) is 6.64. The van der Waals surface area contributed by atoms with Gasteiger partial charge in [-0.1, -0.05) is 0 Å². The minimum absolute atomic E-state index is 0.00633. The molecule has 0 spiro atoms. The number of carboxylic acid groups (broad SMARTS) is 1. The van der Waals surface area contributed by atoms with Crippen LogP contribution in [0.1, 0.15) is 15.9 Å². The van der Waals surface area contributed by atoms with Crippen molar-refractivity contribution in [3.63, 3.8) is 0 Å². The molecule has 2 aromatic rings. The van der Waals surface area contributed by atoms with Crippen molar-refractivity contribution in [3.05, 3.63) is 66.9 Å². The number of carboxylic acids is 1. The summed E-state index contributed by atoms with van der Waals surface area (Å²) in [7, 11) is 0. The summed E-state index contributed by atoms with van der Waals surface area (Å²) in [6.07, 6.45) is 1.34. The van der Waals surface area contributed by atoms with Gasteiger partial charge in [0.1, 0.15) is 5.56 Å². The van der Waals surface area contributed by atoms with Crippen molar-refractivity contribution in [1.82, 2.24) is 4.57 Å². The quantitative estimate of drug-likeness (QED) is 0.627. The van der Waals surface area contributed by atoms with Crippen LogP contribution in [0.4, 0.5) is 13.2 Å². The molecule has 21 heavy (non-hydrogen) atoms. The van der Waals surface area contributed by atoms with Gasteiger partial charge in [0.25, 0.3) is 5.56 Å². The van der Waals surface area contributed by atoms with Crippen LogP contribution in [0.25, 0.3) is 0 Å². The van der Waals surface area contributed by atoms with E-state index >= 15 is 0 Å². The minimum Gasteiger partial charge on any atom is -0.477 e. The van der Waals surface area contributed by atoms with Crippen LogP contribution in [0.15, 0.2) is 29.2 Å². The second kappa shape index (κ2) is 5.88. The number of aromatic nitrogens is 1. The van der Waals surface area contributed by atoms with Crippen LogP contribution < -0.4 is 5.56 Å². The van der Waals surface area contributed by atoms with Crippen LogP contribution in [0.5, 0.6) is 0 Å². The monoisotopic (exact) mass is 409 g/mol. The van der Waals surface area contributed by atoms with Crippen LogP contribution in [0.3, 0.4) is 0 Å². The summed E-state index contributed by atoms with van der Waals surface area (Å²) in [5.41, 5.74) is -1.26. The lowest BCUT2D eigenvalue weighted by molar-refractivity contribution is 0.0694. The van der Waals surface area contributed by atoms with Gasteiger partial charge in [-0.2, -0.15) is 0 Å². The van der Waals surface area contributed by atoms with Gasteiger partial charge < -0.3 is 9.67 Å². The van der Waals surface area contributed by atoms with E-state index in [9.17, 15) is 22.8 Å². The fourth-order valence-corrected chi connectivity index (χ4v) is 2.41. The fraction of sp³-hybridized carbons (Fsp3) is 0.0769. The molecule has 0 amide bonds. The lowest BCUT2D eigenvalue weighted by Crippen LogP contribution is -2.27. The van der Waals surface area contributed by atoms with Gasteiger partial charge in [0.05, 0.1) is 6.54 Å². The van der Waals surface area contributed by atoms with E-state index in [1.807, 2.05) is 22.6 Å². The molecule has 1 aromatic heterocycles. The standard InChI is InChI=1S/C13H7F3INO3/c14-9-1-6(2-10(15)11(9)16)4-18-5-7(17)3-8(12(18)19)13(20)21/h1-3,5H,4H2,(H,20,21). The van der Waals surface area contributed by atoms with Gasteiger partial charge in [-0.15, -0.1) is 0 Å². The van der Waals surface area contributed by atoms with Crippen molar-refractivity contribution < 1.29 is 23.1 Å². The first-order valence-electron chi connectivity index (χ1n) is 5.56. The highest BCUT2D eigenvalue weighted by Gasteiger charge is 2.15. The molecule has 0 radical (unpaired) electrons. The third-order valence-electron chi connectivity index (χ3n) is 2.68. The molecule has 1 aromatic carbocycles. The number of nitrogens with zero attached hydrogens (tertiary/aromatic N) is 1. The highest BCUT2D eigenvalue weighted by molar-refractivity contribution is 14.1. The molecule has 2 rings (SSSR count). The fourth-order valence-electron chi connectivity index (χ4n) is 1.77. The van der Waals surface area contributed by atoms with E-state index in [1.165, 1.54) is 12.3 Å². The van der Waals surface area contributed by atoms with E-state index in [1.54, 1.807) is 0 Å². The molecule has 0 aliphatic rings. The number of pyridine rings is 1. The second-order valence-corrected chi connectivity index (χ2v) is 5.43. The molecule has 0 saturated carbocycles. The second-order valence-electron chi connectivity index (χ2n) is 4.18. The predicted octanol–water partition coefficient (Wildman–Crippen LogP) is 2.62. The SMILES string of the molecule is O=C(O)c1cc(I)cn(Cc2cc(F)c(F)c(F)c2)c1=O. The first kappa shape index (κ1) is 15.5. The predicted molar refractivity (Wildman–Crippen MR) is 75.8 cm³/mol. The van der Waals surface area contributed by atoms with Crippen LogP contribution in [-0.2, 0) is 6.54 Å². The van der Waals surface area contributed by atoms with Gasteiger partial charge in [-0.25, -0.2) is 18.0 Å². The Morgan fingerprint density at radius 1 is 1.19 bits per heavy atom. The Morgan fingerprint density at radius 3 is 2.29 bits per heavy atom. The van der Waals surface area contributed by atoms with E-state index in [4.69, 9.17) is 5.11 Å². The average Bonchev–Trinajstić information content (AvgIpc) is 2.39. The number of hydrogen-bond acceptors (Lipinski definition) is 2. The molecule has 0 aliphatic carbocycles. The Balaban J connectivity index is 2.50. The first-order chi connectivity index (χ1) is 9.79. The lowest BCUT2D eigenvalue weighted by atomic mass is 10.2. The number of benzene rings is 1. The van der Waals surface area contributed by atoms with Gasteiger partial charge in [0, 0.05) is 9.77 Å². The Labute approximate surface area is 130 Å². The maximum absolute atomic E-state index is 13.1. The summed E-state index contributed by atoms with van der Waals surface area (Å²) in [4.78, 5) is 22.9. The van der Waals surface area contributed by atoms with Crippen LogP contribution >= 0.6 is 22.6 Å². The third kappa shape index (κ3) is 3.26. The van der Waals surface area contributed by atoms with Crippen molar-refractivity contribution in [2.75, 3.05) is 0 Å². The summed E-state index contributed by atoms with van der Waals surface area (Å²) < 4.78 is 40.6. The Morgan fingerprint density at radius 2 is 1.76 bits per heavy atom. The number of hydrogen-bond donors (Lipinski definition) is 1. The summed E-state index contributed by atoms with van der Waals surface area (Å²) in [6.45, 7) is -0.274. The Kier molecular flexibility index (Phi) is 4.35. The van der Waals surface area contributed by atoms with Gasteiger partial charge in [0.2, 0.25) is 0 Å². The molecule has 0 aliphatic heterocycles. The maximum Gasteiger partial charge on any atom is 0.341 e. The van der Waals surface area contributed by atoms with E-state index in [0.717, 1.165) is 16.7 Å². The molecule has 0 bridgehead atoms. The average molecular weight is 409 g/mol. The van der Waals surface area contributed by atoms with Gasteiger partial charge in [0.15, 0.2) is 17.5 Å². The number of aromatic carboxylic acids is 1. The maximum atomic E-state index is 13.1. The van der Waals surface area contributed by atoms with Crippen molar-refractivity contribution in [2.45, 2.75) is 6.54 Å². The molecule has 0 atom stereocenters. The summed E-state index contributed by atoms with van der Waals surface area (Å²) in [5.74, 6) is -5.74. The smallest absolute Gasteiger partial charge is 0.341 e. The molecule has 0 unspecified atom stereocenters. The normalized spacial score (nSPS) is 10.7. The Hall–Kier alpha value is -1.84. The summed E-state index contributed by atoms with van der Waals surface area (Å²) in [6, 6.07) is 2.70. The van der Waals surface area contributed by atoms with E-state index < -0.39 is 34.5 Å².